The van der Waals surface area contributed by atoms with E-state index < -0.39 is 66.3 Å². The third-order valence-corrected chi connectivity index (χ3v) is 8.04. The highest BCUT2D eigenvalue weighted by Crippen LogP contribution is 2.33. The van der Waals surface area contributed by atoms with Gasteiger partial charge in [-0.15, -0.1) is 0 Å². The van der Waals surface area contributed by atoms with Crippen molar-refractivity contribution in [1.82, 2.24) is 15.6 Å². The first-order chi connectivity index (χ1) is 22.9. The quantitative estimate of drug-likeness (QED) is 0.197. The number of carbonyl (C=O) groups excluding carboxylic acids is 5. The second-order valence-corrected chi connectivity index (χ2v) is 11.8. The Hall–Kier alpha value is -5.27. The van der Waals surface area contributed by atoms with Crippen LogP contribution in [0.4, 0.5) is 11.4 Å². The number of rotatable bonds is 11. The number of carboxylic acids is 1. The highest BCUT2D eigenvalue weighted by Gasteiger charge is 2.38. The number of fused-ring (bicyclic) bond motifs is 2. The Morgan fingerprint density at radius 1 is 1.00 bits per heavy atom. The maximum absolute atomic E-state index is 14.0. The van der Waals surface area contributed by atoms with Gasteiger partial charge in [0.05, 0.1) is 29.4 Å². The van der Waals surface area contributed by atoms with Crippen LogP contribution >= 0.6 is 23.2 Å². The number of para-hydroxylation sites is 2. The summed E-state index contributed by atoms with van der Waals surface area (Å²) >= 11 is 12.1. The molecule has 5 rings (SSSR count). The second-order valence-electron chi connectivity index (χ2n) is 11.0. The molecule has 13 nitrogen and oxygen atoms in total. The molecule has 3 N–H and O–H groups in total. The molecule has 0 fully saturated rings. The summed E-state index contributed by atoms with van der Waals surface area (Å²) in [5, 5.41) is 14.9. The molecule has 0 radical (unpaired) electrons. The Balaban J connectivity index is 1.39. The Kier molecular flexibility index (Phi) is 10.4. The first-order valence-corrected chi connectivity index (χ1v) is 15.5. The third kappa shape index (κ3) is 7.81. The molecule has 0 aliphatic carbocycles. The summed E-state index contributed by atoms with van der Waals surface area (Å²) < 4.78 is 5.49. The van der Waals surface area contributed by atoms with Crippen molar-refractivity contribution in [2.24, 2.45) is 0 Å². The van der Waals surface area contributed by atoms with Crippen LogP contribution in [0.5, 0.6) is 0 Å². The van der Waals surface area contributed by atoms with Gasteiger partial charge >= 0.3 is 5.97 Å². The van der Waals surface area contributed by atoms with Gasteiger partial charge in [0, 0.05) is 18.4 Å². The zero-order valence-electron chi connectivity index (χ0n) is 25.4. The number of Topliss-reactive ketones (excluding diaryl/α,β-unsaturated/α-hetero) is 1. The van der Waals surface area contributed by atoms with Gasteiger partial charge in [-0.3, -0.25) is 33.7 Å². The maximum atomic E-state index is 14.0. The van der Waals surface area contributed by atoms with E-state index in [1.54, 1.807) is 18.2 Å². The third-order valence-electron chi connectivity index (χ3n) is 7.54. The highest BCUT2D eigenvalue weighted by molar-refractivity contribution is 6.38. The van der Waals surface area contributed by atoms with Crippen LogP contribution in [0.25, 0.3) is 11.1 Å². The van der Waals surface area contributed by atoms with Crippen LogP contribution in [0.2, 0.25) is 10.0 Å². The van der Waals surface area contributed by atoms with Crippen molar-refractivity contribution in [3.8, 4) is 0 Å². The molecule has 248 valence electrons. The number of benzene rings is 3. The van der Waals surface area contributed by atoms with Gasteiger partial charge in [-0.2, -0.15) is 0 Å². The molecule has 3 aromatic carbocycles. The first-order valence-electron chi connectivity index (χ1n) is 14.7. The molecule has 0 bridgehead atoms. The van der Waals surface area contributed by atoms with E-state index in [0.717, 1.165) is 10.5 Å². The number of ketones is 1. The maximum Gasteiger partial charge on any atom is 0.305 e. The summed E-state index contributed by atoms with van der Waals surface area (Å²) in [5.74, 6) is -5.31. The van der Waals surface area contributed by atoms with E-state index in [2.05, 4.69) is 15.6 Å². The number of hydrogen-bond donors (Lipinski definition) is 3. The van der Waals surface area contributed by atoms with Gasteiger partial charge in [-0.1, -0.05) is 65.7 Å². The molecule has 2 heterocycles. The minimum absolute atomic E-state index is 0.0449. The smallest absolute Gasteiger partial charge is 0.305 e. The van der Waals surface area contributed by atoms with Crippen molar-refractivity contribution in [2.75, 3.05) is 22.9 Å². The summed E-state index contributed by atoms with van der Waals surface area (Å²) in [6, 6.07) is 15.6. The molecular weight excluding hydrogens is 665 g/mol. The number of amides is 4. The average molecular weight is 695 g/mol. The van der Waals surface area contributed by atoms with Crippen molar-refractivity contribution in [2.45, 2.75) is 38.3 Å². The van der Waals surface area contributed by atoms with Gasteiger partial charge in [0.15, 0.2) is 5.58 Å². The standard InChI is InChI=1S/C33H29Cl2N5O8/c1-18(41)39-16-24(37-27(42)12-11-19-7-3-2-4-8-19)33(47)40(26-10-6-5-9-25(26)39)17-28(43)36-22(15-29(44)45)30(46)32-38-23-14-20(34)13-21(35)31(23)48-32/h2-10,13-14,22,24H,11-12,15-17H2,1H3,(H,36,43)(H,37,42)(H,44,45)/t22-,24-/m0/s1. The lowest BCUT2D eigenvalue weighted by atomic mass is 10.1. The van der Waals surface area contributed by atoms with Gasteiger partial charge < -0.3 is 25.1 Å². The van der Waals surface area contributed by atoms with E-state index in [-0.39, 0.29) is 39.8 Å². The molecule has 1 aliphatic heterocycles. The number of nitrogens with one attached hydrogen (secondary N) is 2. The van der Waals surface area contributed by atoms with E-state index in [9.17, 15) is 33.9 Å². The largest absolute Gasteiger partial charge is 0.481 e. The predicted octanol–water partition coefficient (Wildman–Crippen LogP) is 3.79. The first kappa shape index (κ1) is 34.1. The van der Waals surface area contributed by atoms with Gasteiger partial charge in [-0.25, -0.2) is 4.98 Å². The monoisotopic (exact) mass is 693 g/mol. The molecule has 0 spiro atoms. The van der Waals surface area contributed by atoms with Gasteiger partial charge in [0.25, 0.3) is 11.8 Å². The summed E-state index contributed by atoms with van der Waals surface area (Å²) in [6.07, 6.45) is -0.358. The van der Waals surface area contributed by atoms with E-state index in [1.165, 1.54) is 30.0 Å². The zero-order chi connectivity index (χ0) is 34.5. The molecule has 4 amide bonds. The minimum Gasteiger partial charge on any atom is -0.481 e. The minimum atomic E-state index is -1.64. The molecule has 2 atom stereocenters. The zero-order valence-corrected chi connectivity index (χ0v) is 27.0. The normalized spacial score (nSPS) is 15.0. The summed E-state index contributed by atoms with van der Waals surface area (Å²) in [7, 11) is 0. The number of hydrogen-bond acceptors (Lipinski definition) is 8. The van der Waals surface area contributed by atoms with Crippen molar-refractivity contribution >= 4 is 81.1 Å². The Morgan fingerprint density at radius 3 is 2.38 bits per heavy atom. The number of carboxylic acid groups (broad SMARTS) is 1. The molecule has 0 saturated heterocycles. The van der Waals surface area contributed by atoms with Crippen molar-refractivity contribution < 1.29 is 38.3 Å². The van der Waals surface area contributed by atoms with Crippen LogP contribution in [0.1, 0.15) is 36.0 Å². The van der Waals surface area contributed by atoms with Crippen LogP contribution < -0.4 is 20.4 Å². The summed E-state index contributed by atoms with van der Waals surface area (Å²) in [5.41, 5.74) is 1.62. The van der Waals surface area contributed by atoms with E-state index in [1.807, 2.05) is 30.3 Å². The van der Waals surface area contributed by atoms with Crippen LogP contribution in [-0.4, -0.2) is 70.6 Å². The molecule has 15 heteroatoms. The number of anilines is 2. The fourth-order valence-corrected chi connectivity index (χ4v) is 5.83. The lowest BCUT2D eigenvalue weighted by Crippen LogP contribution is -2.55. The van der Waals surface area contributed by atoms with Crippen molar-refractivity contribution in [3.05, 3.63) is 88.2 Å². The lowest BCUT2D eigenvalue weighted by molar-refractivity contribution is -0.137. The average Bonchev–Trinajstić information content (AvgIpc) is 3.44. The molecule has 0 unspecified atom stereocenters. The Labute approximate surface area is 283 Å². The van der Waals surface area contributed by atoms with Crippen LogP contribution in [0.3, 0.4) is 0 Å². The van der Waals surface area contributed by atoms with Crippen molar-refractivity contribution in [3.63, 3.8) is 0 Å². The molecule has 0 saturated carbocycles. The predicted molar refractivity (Wildman–Crippen MR) is 176 cm³/mol. The SMILES string of the molecule is CC(=O)N1C[C@H](NC(=O)CCc2ccccc2)C(=O)N(CC(=O)N[C@@H](CC(=O)O)C(=O)c2nc3cc(Cl)cc(Cl)c3o2)c2ccccc21. The van der Waals surface area contributed by atoms with E-state index >= 15 is 0 Å². The van der Waals surface area contributed by atoms with Crippen molar-refractivity contribution in [1.29, 1.82) is 0 Å². The Bertz CT molecular complexity index is 1910. The number of carbonyl (C=O) groups is 6. The Morgan fingerprint density at radius 2 is 1.69 bits per heavy atom. The molecule has 48 heavy (non-hydrogen) atoms. The number of aliphatic carboxylic acids is 1. The fourth-order valence-electron chi connectivity index (χ4n) is 5.31. The molecule has 1 aliphatic rings. The van der Waals surface area contributed by atoms with E-state index in [4.69, 9.17) is 27.6 Å². The summed E-state index contributed by atoms with van der Waals surface area (Å²) in [6.45, 7) is 0.425. The van der Waals surface area contributed by atoms with Gasteiger partial charge in [-0.05, 0) is 36.2 Å². The number of nitrogens with zero attached hydrogens (tertiary/aromatic N) is 3. The van der Waals surface area contributed by atoms with Gasteiger partial charge in [0.1, 0.15) is 24.1 Å². The van der Waals surface area contributed by atoms with Gasteiger partial charge in [0.2, 0.25) is 23.5 Å². The van der Waals surface area contributed by atoms with Crippen LogP contribution in [-0.2, 0) is 30.4 Å². The topological polar surface area (TPSA) is 179 Å². The van der Waals surface area contributed by atoms with Crippen LogP contribution in [0, 0.1) is 0 Å². The fraction of sp³-hybridized carbons (Fsp3) is 0.242. The highest BCUT2D eigenvalue weighted by atomic mass is 35.5. The van der Waals surface area contributed by atoms with Crippen LogP contribution in [0.15, 0.2) is 71.1 Å². The van der Waals surface area contributed by atoms with E-state index in [0.29, 0.717) is 12.1 Å². The summed E-state index contributed by atoms with van der Waals surface area (Å²) in [4.78, 5) is 84.7. The number of aryl methyl sites for hydroxylation is 1. The molecule has 1 aromatic heterocycles. The molecule has 4 aromatic rings. The lowest BCUT2D eigenvalue weighted by Gasteiger charge is -2.26. The second kappa shape index (κ2) is 14.7. The number of halogens is 2. The number of aromatic nitrogens is 1. The number of oxazole rings is 1. The molecular formula is C33H29Cl2N5O8.